The largest absolute Gasteiger partial charge is 0.357 e. The van der Waals surface area contributed by atoms with Crippen molar-refractivity contribution in [3.8, 4) is 0 Å². The highest BCUT2D eigenvalue weighted by Gasteiger charge is 2.19. The molecular formula is C12H17N3O2. The zero-order chi connectivity index (χ0) is 12.7. The molecule has 0 aromatic heterocycles. The van der Waals surface area contributed by atoms with Crippen LogP contribution in [0.2, 0.25) is 0 Å². The summed E-state index contributed by atoms with van der Waals surface area (Å²) in [6.45, 7) is -0.123. The van der Waals surface area contributed by atoms with Crippen molar-refractivity contribution < 1.29 is 9.59 Å². The first kappa shape index (κ1) is 13.2. The molecule has 0 spiro atoms. The zero-order valence-electron chi connectivity index (χ0n) is 9.77. The summed E-state index contributed by atoms with van der Waals surface area (Å²) in [4.78, 5) is 22.8. The first-order valence-electron chi connectivity index (χ1n) is 5.42. The molecule has 0 radical (unpaired) electrons. The Balaban J connectivity index is 2.70. The summed E-state index contributed by atoms with van der Waals surface area (Å²) < 4.78 is 0. The number of amides is 2. The SMILES string of the molecule is CNC(=O)C(Cc1ccccc1)NC(=O)CN. The monoisotopic (exact) mass is 235 g/mol. The fraction of sp³-hybridized carbons (Fsp3) is 0.333. The van der Waals surface area contributed by atoms with Crippen LogP contribution in [0.5, 0.6) is 0 Å². The van der Waals surface area contributed by atoms with E-state index in [4.69, 9.17) is 5.73 Å². The third kappa shape index (κ3) is 4.24. The summed E-state index contributed by atoms with van der Waals surface area (Å²) >= 11 is 0. The van der Waals surface area contributed by atoms with E-state index in [1.165, 1.54) is 7.05 Å². The number of nitrogens with two attached hydrogens (primary N) is 1. The standard InChI is InChI=1S/C12H17N3O2/c1-14-12(17)10(15-11(16)8-13)7-9-5-3-2-4-6-9/h2-6,10H,7-8,13H2,1H3,(H,14,17)(H,15,16). The molecule has 5 heteroatoms. The molecule has 1 atom stereocenters. The van der Waals surface area contributed by atoms with Crippen molar-refractivity contribution in [1.82, 2.24) is 10.6 Å². The van der Waals surface area contributed by atoms with Crippen LogP contribution >= 0.6 is 0 Å². The molecule has 2 amide bonds. The lowest BCUT2D eigenvalue weighted by atomic mass is 10.1. The second kappa shape index (κ2) is 6.65. The maximum atomic E-state index is 11.6. The molecule has 0 saturated carbocycles. The van der Waals surface area contributed by atoms with Crippen molar-refractivity contribution in [3.63, 3.8) is 0 Å². The van der Waals surface area contributed by atoms with E-state index in [-0.39, 0.29) is 18.4 Å². The van der Waals surface area contributed by atoms with Crippen molar-refractivity contribution in [3.05, 3.63) is 35.9 Å². The normalized spacial score (nSPS) is 11.6. The highest BCUT2D eigenvalue weighted by atomic mass is 16.2. The second-order valence-corrected chi connectivity index (χ2v) is 3.63. The lowest BCUT2D eigenvalue weighted by molar-refractivity contribution is -0.128. The molecule has 1 aromatic rings. The Bertz CT molecular complexity index is 379. The van der Waals surface area contributed by atoms with Gasteiger partial charge < -0.3 is 16.4 Å². The van der Waals surface area contributed by atoms with E-state index in [1.54, 1.807) is 0 Å². The summed E-state index contributed by atoms with van der Waals surface area (Å²) in [6.07, 6.45) is 0.451. The molecule has 1 aromatic carbocycles. The third-order valence-corrected chi connectivity index (χ3v) is 2.37. The molecule has 92 valence electrons. The number of nitrogens with one attached hydrogen (secondary N) is 2. The maximum Gasteiger partial charge on any atom is 0.242 e. The van der Waals surface area contributed by atoms with Gasteiger partial charge in [0, 0.05) is 13.5 Å². The summed E-state index contributed by atoms with van der Waals surface area (Å²) in [5.74, 6) is -0.565. The number of likely N-dealkylation sites (N-methyl/N-ethyl adjacent to an activating group) is 1. The van der Waals surface area contributed by atoms with Crippen molar-refractivity contribution in [2.45, 2.75) is 12.5 Å². The van der Waals surface area contributed by atoms with Gasteiger partial charge in [-0.15, -0.1) is 0 Å². The Hall–Kier alpha value is -1.88. The van der Waals surface area contributed by atoms with E-state index in [0.29, 0.717) is 6.42 Å². The fourth-order valence-electron chi connectivity index (χ4n) is 1.49. The number of carbonyl (C=O) groups is 2. The molecule has 0 heterocycles. The highest BCUT2D eigenvalue weighted by molar-refractivity contribution is 5.88. The Kier molecular flexibility index (Phi) is 5.16. The summed E-state index contributed by atoms with van der Waals surface area (Å²) in [5, 5.41) is 5.11. The predicted octanol–water partition coefficient (Wildman–Crippen LogP) is -0.581. The van der Waals surface area contributed by atoms with E-state index in [0.717, 1.165) is 5.56 Å². The van der Waals surface area contributed by atoms with Gasteiger partial charge in [-0.25, -0.2) is 0 Å². The zero-order valence-corrected chi connectivity index (χ0v) is 9.77. The first-order chi connectivity index (χ1) is 8.17. The molecule has 4 N–H and O–H groups in total. The Morgan fingerprint density at radius 2 is 1.94 bits per heavy atom. The van der Waals surface area contributed by atoms with E-state index < -0.39 is 6.04 Å². The van der Waals surface area contributed by atoms with Crippen LogP contribution in [0, 0.1) is 0 Å². The minimum Gasteiger partial charge on any atom is -0.357 e. The van der Waals surface area contributed by atoms with Crippen molar-refractivity contribution in [2.75, 3.05) is 13.6 Å². The van der Waals surface area contributed by atoms with Crippen LogP contribution in [0.4, 0.5) is 0 Å². The minimum absolute atomic E-state index is 0.123. The van der Waals surface area contributed by atoms with Crippen molar-refractivity contribution in [1.29, 1.82) is 0 Å². The highest BCUT2D eigenvalue weighted by Crippen LogP contribution is 2.03. The molecule has 0 aliphatic heterocycles. The van der Waals surface area contributed by atoms with Crippen LogP contribution in [0.3, 0.4) is 0 Å². The Morgan fingerprint density at radius 1 is 1.29 bits per heavy atom. The average molecular weight is 235 g/mol. The van der Waals surface area contributed by atoms with Gasteiger partial charge in [-0.1, -0.05) is 30.3 Å². The summed E-state index contributed by atoms with van der Waals surface area (Å²) in [6, 6.07) is 8.91. The third-order valence-electron chi connectivity index (χ3n) is 2.37. The molecule has 5 nitrogen and oxygen atoms in total. The Morgan fingerprint density at radius 3 is 2.47 bits per heavy atom. The smallest absolute Gasteiger partial charge is 0.242 e. The van der Waals surface area contributed by atoms with Gasteiger partial charge in [0.25, 0.3) is 0 Å². The predicted molar refractivity (Wildman–Crippen MR) is 65.2 cm³/mol. The first-order valence-corrected chi connectivity index (χ1v) is 5.42. The maximum absolute atomic E-state index is 11.6. The Labute approximate surface area is 100 Å². The van der Waals surface area contributed by atoms with Gasteiger partial charge >= 0.3 is 0 Å². The quantitative estimate of drug-likeness (QED) is 0.638. The van der Waals surface area contributed by atoms with E-state index in [2.05, 4.69) is 10.6 Å². The number of hydrogen-bond acceptors (Lipinski definition) is 3. The second-order valence-electron chi connectivity index (χ2n) is 3.63. The topological polar surface area (TPSA) is 84.2 Å². The van der Waals surface area contributed by atoms with Crippen LogP contribution in [-0.2, 0) is 16.0 Å². The molecule has 17 heavy (non-hydrogen) atoms. The molecule has 1 rings (SSSR count). The van der Waals surface area contributed by atoms with Crippen LogP contribution < -0.4 is 16.4 Å². The number of benzene rings is 1. The number of rotatable bonds is 5. The molecular weight excluding hydrogens is 218 g/mol. The van der Waals surface area contributed by atoms with Gasteiger partial charge in [0.15, 0.2) is 0 Å². The van der Waals surface area contributed by atoms with Crippen molar-refractivity contribution in [2.24, 2.45) is 5.73 Å². The van der Waals surface area contributed by atoms with Crippen molar-refractivity contribution >= 4 is 11.8 Å². The van der Waals surface area contributed by atoms with E-state index in [9.17, 15) is 9.59 Å². The van der Waals surface area contributed by atoms with Crippen LogP contribution in [0.15, 0.2) is 30.3 Å². The van der Waals surface area contributed by atoms with Crippen LogP contribution in [0.25, 0.3) is 0 Å². The van der Waals surface area contributed by atoms with Crippen LogP contribution in [-0.4, -0.2) is 31.4 Å². The molecule has 0 bridgehead atoms. The molecule has 1 unspecified atom stereocenters. The summed E-state index contributed by atoms with van der Waals surface area (Å²) in [7, 11) is 1.54. The fourth-order valence-corrected chi connectivity index (χ4v) is 1.49. The van der Waals surface area contributed by atoms with Gasteiger partial charge in [0.1, 0.15) is 6.04 Å². The lowest BCUT2D eigenvalue weighted by Crippen LogP contribution is -2.48. The lowest BCUT2D eigenvalue weighted by Gasteiger charge is -2.16. The molecule has 0 aliphatic carbocycles. The molecule has 0 fully saturated rings. The minimum atomic E-state index is -0.585. The molecule has 0 aliphatic rings. The average Bonchev–Trinajstić information content (AvgIpc) is 2.38. The summed E-state index contributed by atoms with van der Waals surface area (Å²) in [5.41, 5.74) is 6.20. The number of hydrogen-bond donors (Lipinski definition) is 3. The van der Waals surface area contributed by atoms with Gasteiger partial charge in [0.05, 0.1) is 6.54 Å². The van der Waals surface area contributed by atoms with Gasteiger partial charge in [-0.3, -0.25) is 9.59 Å². The van der Waals surface area contributed by atoms with E-state index >= 15 is 0 Å². The molecule has 0 saturated heterocycles. The van der Waals surface area contributed by atoms with Gasteiger partial charge in [0.2, 0.25) is 11.8 Å². The van der Waals surface area contributed by atoms with Gasteiger partial charge in [-0.05, 0) is 5.56 Å². The van der Waals surface area contributed by atoms with Gasteiger partial charge in [-0.2, -0.15) is 0 Å². The van der Waals surface area contributed by atoms with E-state index in [1.807, 2.05) is 30.3 Å². The van der Waals surface area contributed by atoms with Crippen LogP contribution in [0.1, 0.15) is 5.56 Å². The number of carbonyl (C=O) groups excluding carboxylic acids is 2.